The minimum atomic E-state index is -0.398. The van der Waals surface area contributed by atoms with Crippen molar-refractivity contribution in [1.82, 2.24) is 29.8 Å². The van der Waals surface area contributed by atoms with Crippen LogP contribution in [0.5, 0.6) is 0 Å². The van der Waals surface area contributed by atoms with Crippen molar-refractivity contribution in [3.63, 3.8) is 0 Å². The standard InChI is InChI=1S/C15H18N6O2/c1-3-20-8-4-6-12(20)14-18-13(23-19-14)10-16-15(22)11(2)21-9-5-7-17-21/h4-9,11H,3,10H2,1-2H3,(H,16,22)/t11-/m1/s1. The van der Waals surface area contributed by atoms with Crippen LogP contribution in [0.25, 0.3) is 11.5 Å². The molecule has 0 aliphatic rings. The smallest absolute Gasteiger partial charge is 0.246 e. The first-order valence-electron chi connectivity index (χ1n) is 7.44. The van der Waals surface area contributed by atoms with Gasteiger partial charge in [0.25, 0.3) is 0 Å². The monoisotopic (exact) mass is 314 g/mol. The molecule has 23 heavy (non-hydrogen) atoms. The second kappa shape index (κ2) is 6.47. The fourth-order valence-corrected chi connectivity index (χ4v) is 2.26. The highest BCUT2D eigenvalue weighted by Crippen LogP contribution is 2.16. The molecule has 0 aromatic carbocycles. The molecule has 3 heterocycles. The van der Waals surface area contributed by atoms with Crippen LogP contribution in [-0.2, 0) is 17.9 Å². The first-order valence-corrected chi connectivity index (χ1v) is 7.44. The molecular weight excluding hydrogens is 296 g/mol. The lowest BCUT2D eigenvalue weighted by Crippen LogP contribution is -2.30. The SMILES string of the molecule is CCn1cccc1-c1noc(CNC(=O)[C@@H](C)n2cccn2)n1. The van der Waals surface area contributed by atoms with Gasteiger partial charge in [0.1, 0.15) is 6.04 Å². The zero-order valence-electron chi connectivity index (χ0n) is 13.0. The van der Waals surface area contributed by atoms with Crippen molar-refractivity contribution in [2.45, 2.75) is 33.0 Å². The number of aromatic nitrogens is 5. The molecule has 0 radical (unpaired) electrons. The van der Waals surface area contributed by atoms with E-state index in [1.165, 1.54) is 0 Å². The van der Waals surface area contributed by atoms with Crippen LogP contribution in [0.2, 0.25) is 0 Å². The average molecular weight is 314 g/mol. The minimum Gasteiger partial charge on any atom is -0.345 e. The molecule has 120 valence electrons. The Balaban J connectivity index is 1.62. The molecular formula is C15H18N6O2. The van der Waals surface area contributed by atoms with E-state index < -0.39 is 6.04 Å². The van der Waals surface area contributed by atoms with E-state index in [-0.39, 0.29) is 12.5 Å². The molecule has 0 saturated carbocycles. The lowest BCUT2D eigenvalue weighted by atomic mass is 10.3. The lowest BCUT2D eigenvalue weighted by molar-refractivity contribution is -0.124. The van der Waals surface area contributed by atoms with Crippen molar-refractivity contribution in [3.8, 4) is 11.5 Å². The number of carbonyl (C=O) groups is 1. The minimum absolute atomic E-state index is 0.162. The highest BCUT2D eigenvalue weighted by atomic mass is 16.5. The Kier molecular flexibility index (Phi) is 4.22. The Morgan fingerprint density at radius 2 is 2.26 bits per heavy atom. The summed E-state index contributed by atoms with van der Waals surface area (Å²) in [5.74, 6) is 0.719. The normalized spacial score (nSPS) is 12.3. The Hall–Kier alpha value is -2.90. The number of aryl methyl sites for hydroxylation is 1. The van der Waals surface area contributed by atoms with E-state index in [2.05, 4.69) is 20.6 Å². The molecule has 1 atom stereocenters. The van der Waals surface area contributed by atoms with E-state index in [0.29, 0.717) is 11.7 Å². The molecule has 0 unspecified atom stereocenters. The van der Waals surface area contributed by atoms with Crippen molar-refractivity contribution >= 4 is 5.91 Å². The van der Waals surface area contributed by atoms with E-state index in [1.807, 2.05) is 29.8 Å². The Morgan fingerprint density at radius 3 is 3.00 bits per heavy atom. The second-order valence-electron chi connectivity index (χ2n) is 5.07. The van der Waals surface area contributed by atoms with E-state index in [0.717, 1.165) is 12.2 Å². The molecule has 3 aromatic heterocycles. The van der Waals surface area contributed by atoms with Gasteiger partial charge in [0.15, 0.2) is 0 Å². The van der Waals surface area contributed by atoms with Crippen LogP contribution in [0.1, 0.15) is 25.8 Å². The van der Waals surface area contributed by atoms with Crippen molar-refractivity contribution in [3.05, 3.63) is 42.7 Å². The van der Waals surface area contributed by atoms with Crippen LogP contribution in [-0.4, -0.2) is 30.4 Å². The van der Waals surface area contributed by atoms with Crippen molar-refractivity contribution in [1.29, 1.82) is 0 Å². The summed E-state index contributed by atoms with van der Waals surface area (Å²) in [5.41, 5.74) is 0.888. The molecule has 0 fully saturated rings. The van der Waals surface area contributed by atoms with Crippen molar-refractivity contribution in [2.24, 2.45) is 0 Å². The van der Waals surface area contributed by atoms with Crippen molar-refractivity contribution in [2.75, 3.05) is 0 Å². The van der Waals surface area contributed by atoms with Crippen LogP contribution in [0.3, 0.4) is 0 Å². The zero-order chi connectivity index (χ0) is 16.2. The van der Waals surface area contributed by atoms with Gasteiger partial charge in [-0.25, -0.2) is 0 Å². The van der Waals surface area contributed by atoms with Gasteiger partial charge in [0.2, 0.25) is 17.6 Å². The van der Waals surface area contributed by atoms with Gasteiger partial charge < -0.3 is 14.4 Å². The third kappa shape index (κ3) is 3.15. The Morgan fingerprint density at radius 1 is 1.39 bits per heavy atom. The number of nitrogens with one attached hydrogen (secondary N) is 1. The van der Waals surface area contributed by atoms with E-state index >= 15 is 0 Å². The number of rotatable bonds is 6. The summed E-state index contributed by atoms with van der Waals surface area (Å²) in [6.07, 6.45) is 5.34. The quantitative estimate of drug-likeness (QED) is 0.747. The van der Waals surface area contributed by atoms with Gasteiger partial charge in [-0.05, 0) is 32.0 Å². The third-order valence-corrected chi connectivity index (χ3v) is 3.58. The summed E-state index contributed by atoms with van der Waals surface area (Å²) in [5, 5.41) is 10.8. The fraction of sp³-hybridized carbons (Fsp3) is 0.333. The van der Waals surface area contributed by atoms with E-state index in [9.17, 15) is 4.79 Å². The summed E-state index contributed by atoms with van der Waals surface area (Å²) >= 11 is 0. The molecule has 3 aromatic rings. The molecule has 8 nitrogen and oxygen atoms in total. The van der Waals surface area contributed by atoms with Gasteiger partial charge in [-0.1, -0.05) is 5.16 Å². The van der Waals surface area contributed by atoms with Gasteiger partial charge in [0.05, 0.1) is 12.2 Å². The summed E-state index contributed by atoms with van der Waals surface area (Å²) in [6.45, 7) is 4.83. The highest BCUT2D eigenvalue weighted by Gasteiger charge is 2.17. The first-order chi connectivity index (χ1) is 11.2. The van der Waals surface area contributed by atoms with Gasteiger partial charge in [-0.3, -0.25) is 9.48 Å². The largest absolute Gasteiger partial charge is 0.345 e. The second-order valence-corrected chi connectivity index (χ2v) is 5.07. The molecule has 8 heteroatoms. The van der Waals surface area contributed by atoms with Gasteiger partial charge in [-0.15, -0.1) is 0 Å². The highest BCUT2D eigenvalue weighted by molar-refractivity contribution is 5.79. The number of carbonyl (C=O) groups excluding carboxylic acids is 1. The fourth-order valence-electron chi connectivity index (χ4n) is 2.26. The average Bonchev–Trinajstić information content (AvgIpc) is 3.32. The maximum atomic E-state index is 12.1. The molecule has 3 rings (SSSR count). The Bertz CT molecular complexity index is 774. The van der Waals surface area contributed by atoms with E-state index in [1.54, 1.807) is 30.1 Å². The predicted molar refractivity (Wildman–Crippen MR) is 82.2 cm³/mol. The molecule has 0 spiro atoms. The lowest BCUT2D eigenvalue weighted by Gasteiger charge is -2.11. The maximum absolute atomic E-state index is 12.1. The molecule has 1 N–H and O–H groups in total. The van der Waals surface area contributed by atoms with Crippen LogP contribution in [0.4, 0.5) is 0 Å². The number of hydrogen-bond acceptors (Lipinski definition) is 5. The Labute approximate surface area is 133 Å². The summed E-state index contributed by atoms with van der Waals surface area (Å²) in [6, 6.07) is 5.24. The molecule has 1 amide bonds. The van der Waals surface area contributed by atoms with Crippen LogP contribution >= 0.6 is 0 Å². The number of hydrogen-bond donors (Lipinski definition) is 1. The number of amides is 1. The van der Waals surface area contributed by atoms with E-state index in [4.69, 9.17) is 4.52 Å². The van der Waals surface area contributed by atoms with Gasteiger partial charge >= 0.3 is 0 Å². The summed E-state index contributed by atoms with van der Waals surface area (Å²) < 4.78 is 8.80. The molecule has 0 aliphatic carbocycles. The van der Waals surface area contributed by atoms with Crippen LogP contribution in [0, 0.1) is 0 Å². The number of nitrogens with zero attached hydrogens (tertiary/aromatic N) is 5. The molecule has 0 saturated heterocycles. The molecule has 0 aliphatic heterocycles. The van der Waals surface area contributed by atoms with Gasteiger partial charge in [0, 0.05) is 25.1 Å². The summed E-state index contributed by atoms with van der Waals surface area (Å²) in [7, 11) is 0. The maximum Gasteiger partial charge on any atom is 0.246 e. The third-order valence-electron chi connectivity index (χ3n) is 3.58. The topological polar surface area (TPSA) is 90.8 Å². The zero-order valence-corrected chi connectivity index (χ0v) is 13.0. The van der Waals surface area contributed by atoms with Crippen LogP contribution in [0.15, 0.2) is 41.3 Å². The first kappa shape index (κ1) is 15.0. The predicted octanol–water partition coefficient (Wildman–Crippen LogP) is 1.63. The summed E-state index contributed by atoms with van der Waals surface area (Å²) in [4.78, 5) is 16.4. The van der Waals surface area contributed by atoms with Crippen molar-refractivity contribution < 1.29 is 9.32 Å². The molecule has 0 bridgehead atoms. The van der Waals surface area contributed by atoms with Gasteiger partial charge in [-0.2, -0.15) is 10.1 Å². The van der Waals surface area contributed by atoms with Crippen LogP contribution < -0.4 is 5.32 Å².